The zero-order valence-electron chi connectivity index (χ0n) is 9.67. The molecule has 0 amide bonds. The van der Waals surface area contributed by atoms with E-state index in [-0.39, 0.29) is 0 Å². The Hall–Kier alpha value is -0.120. The highest BCUT2D eigenvalue weighted by molar-refractivity contribution is 4.79. The van der Waals surface area contributed by atoms with Crippen molar-refractivity contribution in [3.8, 4) is 0 Å². The molecule has 0 spiro atoms. The zero-order chi connectivity index (χ0) is 11.0. The van der Waals surface area contributed by atoms with Crippen LogP contribution in [0, 0.1) is 0 Å². The number of hydrogen-bond donors (Lipinski definition) is 3. The van der Waals surface area contributed by atoms with Crippen molar-refractivity contribution in [3.05, 3.63) is 0 Å². The Balaban J connectivity index is 1.98. The van der Waals surface area contributed by atoms with E-state index >= 15 is 0 Å². The zero-order valence-corrected chi connectivity index (χ0v) is 9.67. The fourth-order valence-corrected chi connectivity index (χ4v) is 2.22. The second-order valence-electron chi connectivity index (χ2n) is 4.66. The molecule has 3 N–H and O–H groups in total. The van der Waals surface area contributed by atoms with Crippen molar-refractivity contribution >= 4 is 0 Å². The van der Waals surface area contributed by atoms with Crippen molar-refractivity contribution in [1.82, 2.24) is 5.32 Å². The van der Waals surface area contributed by atoms with E-state index in [1.54, 1.807) is 0 Å². The second-order valence-corrected chi connectivity index (χ2v) is 4.66. The topological polar surface area (TPSA) is 52.5 Å². The highest BCUT2D eigenvalue weighted by Crippen LogP contribution is 2.25. The van der Waals surface area contributed by atoms with Gasteiger partial charge >= 0.3 is 0 Å². The smallest absolute Gasteiger partial charge is 0.116 e. The molecule has 0 radical (unpaired) electrons. The van der Waals surface area contributed by atoms with Crippen molar-refractivity contribution in [2.75, 3.05) is 13.2 Å². The highest BCUT2D eigenvalue weighted by Gasteiger charge is 2.27. The first-order valence-corrected chi connectivity index (χ1v) is 6.35. The van der Waals surface area contributed by atoms with Gasteiger partial charge in [-0.3, -0.25) is 5.32 Å². The average Bonchev–Trinajstić information content (AvgIpc) is 2.24. The van der Waals surface area contributed by atoms with Gasteiger partial charge < -0.3 is 10.2 Å². The molecule has 3 nitrogen and oxygen atoms in total. The summed E-state index contributed by atoms with van der Waals surface area (Å²) in [4.78, 5) is 0. The van der Waals surface area contributed by atoms with Gasteiger partial charge in [0.1, 0.15) is 5.72 Å². The molecule has 1 aliphatic carbocycles. The van der Waals surface area contributed by atoms with Crippen molar-refractivity contribution in [2.24, 2.45) is 0 Å². The molecule has 0 atom stereocenters. The summed E-state index contributed by atoms with van der Waals surface area (Å²) >= 11 is 0. The maximum absolute atomic E-state index is 10.1. The SMILES string of the molecule is OCCCCCCNC1(O)CCCCC1. The third kappa shape index (κ3) is 5.50. The number of aliphatic hydroxyl groups excluding tert-OH is 1. The Labute approximate surface area is 92.9 Å². The summed E-state index contributed by atoms with van der Waals surface area (Å²) in [6.45, 7) is 1.21. The van der Waals surface area contributed by atoms with Crippen molar-refractivity contribution in [3.63, 3.8) is 0 Å². The van der Waals surface area contributed by atoms with Crippen LogP contribution in [-0.2, 0) is 0 Å². The van der Waals surface area contributed by atoms with Gasteiger partial charge in [0.15, 0.2) is 0 Å². The first-order valence-electron chi connectivity index (χ1n) is 6.35. The minimum absolute atomic E-state index is 0.303. The number of nitrogens with one attached hydrogen (secondary N) is 1. The van der Waals surface area contributed by atoms with E-state index in [0.29, 0.717) is 6.61 Å². The van der Waals surface area contributed by atoms with Crippen LogP contribution in [0.5, 0.6) is 0 Å². The molecular formula is C12H25NO2. The van der Waals surface area contributed by atoms with E-state index in [1.165, 1.54) is 6.42 Å². The van der Waals surface area contributed by atoms with E-state index in [2.05, 4.69) is 5.32 Å². The Morgan fingerprint density at radius 2 is 1.60 bits per heavy atom. The van der Waals surface area contributed by atoms with Crippen LogP contribution in [0.15, 0.2) is 0 Å². The van der Waals surface area contributed by atoms with Gasteiger partial charge in [0.05, 0.1) is 0 Å². The molecule has 0 saturated heterocycles. The molecule has 0 aliphatic heterocycles. The van der Waals surface area contributed by atoms with Crippen LogP contribution in [0.3, 0.4) is 0 Å². The molecule has 0 aromatic carbocycles. The average molecular weight is 215 g/mol. The van der Waals surface area contributed by atoms with E-state index < -0.39 is 5.72 Å². The first kappa shape index (κ1) is 12.9. The molecule has 0 unspecified atom stereocenters. The van der Waals surface area contributed by atoms with Crippen LogP contribution in [-0.4, -0.2) is 29.1 Å². The predicted molar refractivity (Wildman–Crippen MR) is 61.6 cm³/mol. The summed E-state index contributed by atoms with van der Waals surface area (Å²) in [7, 11) is 0. The standard InChI is InChI=1S/C12H25NO2/c14-11-7-2-1-6-10-13-12(15)8-4-3-5-9-12/h13-15H,1-11H2. The van der Waals surface area contributed by atoms with Crippen LogP contribution < -0.4 is 5.32 Å². The first-order chi connectivity index (χ1) is 7.27. The van der Waals surface area contributed by atoms with Gasteiger partial charge in [-0.1, -0.05) is 19.3 Å². The molecule has 0 aromatic rings. The van der Waals surface area contributed by atoms with Crippen LogP contribution >= 0.6 is 0 Å². The summed E-state index contributed by atoms with van der Waals surface area (Å²) in [5.41, 5.74) is -0.574. The van der Waals surface area contributed by atoms with Gasteiger partial charge in [0.2, 0.25) is 0 Å². The van der Waals surface area contributed by atoms with Gasteiger partial charge in [-0.25, -0.2) is 0 Å². The minimum atomic E-state index is -0.574. The molecule has 90 valence electrons. The number of rotatable bonds is 7. The lowest BCUT2D eigenvalue weighted by atomic mass is 9.92. The lowest BCUT2D eigenvalue weighted by molar-refractivity contribution is -0.0278. The Morgan fingerprint density at radius 3 is 2.27 bits per heavy atom. The van der Waals surface area contributed by atoms with Gasteiger partial charge in [-0.05, 0) is 45.1 Å². The molecule has 3 heteroatoms. The molecule has 0 aromatic heterocycles. The lowest BCUT2D eigenvalue weighted by Crippen LogP contribution is -2.46. The Kier molecular flexibility index (Phi) is 6.22. The van der Waals surface area contributed by atoms with E-state index in [1.807, 2.05) is 0 Å². The van der Waals surface area contributed by atoms with E-state index in [4.69, 9.17) is 5.11 Å². The van der Waals surface area contributed by atoms with Gasteiger partial charge in [0, 0.05) is 6.61 Å². The fourth-order valence-electron chi connectivity index (χ4n) is 2.22. The summed E-state index contributed by atoms with van der Waals surface area (Å²) in [6.07, 6.45) is 9.61. The molecular weight excluding hydrogens is 190 g/mol. The van der Waals surface area contributed by atoms with Gasteiger partial charge in [0.25, 0.3) is 0 Å². The van der Waals surface area contributed by atoms with Crippen molar-refractivity contribution < 1.29 is 10.2 Å². The molecule has 0 bridgehead atoms. The molecule has 0 heterocycles. The fraction of sp³-hybridized carbons (Fsp3) is 1.00. The molecule has 1 rings (SSSR count). The quantitative estimate of drug-likeness (QED) is 0.448. The number of aliphatic hydroxyl groups is 2. The summed E-state index contributed by atoms with van der Waals surface area (Å²) < 4.78 is 0. The lowest BCUT2D eigenvalue weighted by Gasteiger charge is -2.33. The Morgan fingerprint density at radius 1 is 0.933 bits per heavy atom. The normalized spacial score (nSPS) is 20.4. The summed E-state index contributed by atoms with van der Waals surface area (Å²) in [5, 5.41) is 22.0. The summed E-state index contributed by atoms with van der Waals surface area (Å²) in [6, 6.07) is 0. The van der Waals surface area contributed by atoms with E-state index in [9.17, 15) is 5.11 Å². The largest absolute Gasteiger partial charge is 0.396 e. The molecule has 1 aliphatic rings. The van der Waals surface area contributed by atoms with Crippen LogP contribution in [0.2, 0.25) is 0 Å². The third-order valence-corrected chi connectivity index (χ3v) is 3.22. The molecule has 1 saturated carbocycles. The predicted octanol–water partition coefficient (Wildman–Crippen LogP) is 1.78. The van der Waals surface area contributed by atoms with Crippen LogP contribution in [0.25, 0.3) is 0 Å². The minimum Gasteiger partial charge on any atom is -0.396 e. The highest BCUT2D eigenvalue weighted by atomic mass is 16.3. The van der Waals surface area contributed by atoms with Crippen LogP contribution in [0.1, 0.15) is 57.8 Å². The van der Waals surface area contributed by atoms with Crippen molar-refractivity contribution in [1.29, 1.82) is 0 Å². The third-order valence-electron chi connectivity index (χ3n) is 3.22. The maximum Gasteiger partial charge on any atom is 0.116 e. The molecule has 15 heavy (non-hydrogen) atoms. The summed E-state index contributed by atoms with van der Waals surface area (Å²) in [5.74, 6) is 0. The monoisotopic (exact) mass is 215 g/mol. The van der Waals surface area contributed by atoms with Gasteiger partial charge in [-0.15, -0.1) is 0 Å². The van der Waals surface area contributed by atoms with Crippen molar-refractivity contribution in [2.45, 2.75) is 63.5 Å². The second kappa shape index (κ2) is 7.20. The van der Waals surface area contributed by atoms with Crippen LogP contribution in [0.4, 0.5) is 0 Å². The molecule has 1 fully saturated rings. The number of unbranched alkanes of at least 4 members (excludes halogenated alkanes) is 3. The van der Waals surface area contributed by atoms with Gasteiger partial charge in [-0.2, -0.15) is 0 Å². The maximum atomic E-state index is 10.1. The van der Waals surface area contributed by atoms with E-state index in [0.717, 1.165) is 57.9 Å². The Bertz CT molecular complexity index is 156. The number of hydrogen-bond acceptors (Lipinski definition) is 3.